The molecule has 4 rings (SSSR count). The number of carbonyl (C=O) groups excluding carboxylic acids is 2. The van der Waals surface area contributed by atoms with E-state index < -0.39 is 18.8 Å². The first-order valence-corrected chi connectivity index (χ1v) is 12.4. The summed E-state index contributed by atoms with van der Waals surface area (Å²) in [5.74, 6) is 1.43. The summed E-state index contributed by atoms with van der Waals surface area (Å²) in [5.41, 5.74) is 2.95. The average molecular weight is 534 g/mol. The lowest BCUT2D eigenvalue weighted by atomic mass is 9.87. The second kappa shape index (κ2) is 12.0. The number of ether oxygens (including phenoxy) is 3. The molecule has 1 aromatic heterocycles. The van der Waals surface area contributed by atoms with E-state index in [9.17, 15) is 14.7 Å². The zero-order valence-corrected chi connectivity index (χ0v) is 21.9. The predicted octanol–water partition coefficient (Wildman–Crippen LogP) is 4.49. The molecule has 0 bridgehead atoms. The van der Waals surface area contributed by atoms with Crippen molar-refractivity contribution in [2.75, 3.05) is 30.5 Å². The quantitative estimate of drug-likeness (QED) is 0.332. The van der Waals surface area contributed by atoms with E-state index in [-0.39, 0.29) is 30.4 Å². The van der Waals surface area contributed by atoms with Crippen LogP contribution in [0.1, 0.15) is 31.9 Å². The van der Waals surface area contributed by atoms with Crippen molar-refractivity contribution in [3.05, 3.63) is 77.5 Å². The fraction of sp³-hybridized carbons (Fsp3) is 0.276. The van der Waals surface area contributed by atoms with E-state index >= 15 is 0 Å². The molecule has 2 aromatic carbocycles. The van der Waals surface area contributed by atoms with Gasteiger partial charge in [0.1, 0.15) is 42.4 Å². The maximum atomic E-state index is 13.0. The molecule has 2 heterocycles. The summed E-state index contributed by atoms with van der Waals surface area (Å²) in [7, 11) is 0. The monoisotopic (exact) mass is 533 g/mol. The Balaban J connectivity index is 1.43. The van der Waals surface area contributed by atoms with Gasteiger partial charge in [0.15, 0.2) is 0 Å². The van der Waals surface area contributed by atoms with Gasteiger partial charge in [-0.15, -0.1) is 0 Å². The number of nitrogens with one attached hydrogen (secondary N) is 2. The molecule has 0 fully saturated rings. The number of hydrogen-bond acceptors (Lipinski definition) is 8. The number of fused-ring (bicyclic) bond motifs is 1. The first-order valence-electron chi connectivity index (χ1n) is 12.4. The van der Waals surface area contributed by atoms with Crippen molar-refractivity contribution in [3.8, 4) is 17.2 Å². The molecular formula is C29H31N3O7. The smallest absolute Gasteiger partial charge is 0.412 e. The molecule has 0 radical (unpaired) electrons. The van der Waals surface area contributed by atoms with Crippen LogP contribution in [-0.4, -0.2) is 53.1 Å². The fourth-order valence-corrected chi connectivity index (χ4v) is 3.67. The standard InChI is InChI=1S/C29H31N3O7/c1-29(2,3)20-5-4-6-21(13-20)31-27(35)19-11-18-12-23(7-8-25(18)37-16-19)39-24-9-10-30-26(14-24)32-28(36)38-17-22(34)15-33/h4-14,22,33-34H,15-17H2,1-3H3,(H,31,35)(H,30,32,36)/t22-/m0/s1. The highest BCUT2D eigenvalue weighted by Gasteiger charge is 2.20. The van der Waals surface area contributed by atoms with Crippen molar-refractivity contribution in [1.82, 2.24) is 4.98 Å². The Morgan fingerprint density at radius 2 is 1.87 bits per heavy atom. The molecule has 4 N–H and O–H groups in total. The van der Waals surface area contributed by atoms with Crippen molar-refractivity contribution in [1.29, 1.82) is 0 Å². The van der Waals surface area contributed by atoms with E-state index in [0.29, 0.717) is 34.1 Å². The Bertz CT molecular complexity index is 1380. The van der Waals surface area contributed by atoms with Gasteiger partial charge in [-0.1, -0.05) is 32.9 Å². The van der Waals surface area contributed by atoms with Crippen molar-refractivity contribution < 1.29 is 34.0 Å². The van der Waals surface area contributed by atoms with Gasteiger partial charge in [-0.3, -0.25) is 10.1 Å². The lowest BCUT2D eigenvalue weighted by Gasteiger charge is -2.21. The van der Waals surface area contributed by atoms with E-state index in [1.807, 2.05) is 24.3 Å². The summed E-state index contributed by atoms with van der Waals surface area (Å²) in [6.07, 6.45) is 1.22. The van der Waals surface area contributed by atoms with Crippen LogP contribution in [0.4, 0.5) is 16.3 Å². The first kappa shape index (κ1) is 27.6. The van der Waals surface area contributed by atoms with Crippen LogP contribution < -0.4 is 20.1 Å². The molecule has 1 aliphatic rings. The second-order valence-electron chi connectivity index (χ2n) is 9.98. The number of aliphatic hydroxyl groups excluding tert-OH is 2. The summed E-state index contributed by atoms with van der Waals surface area (Å²) in [5, 5.41) is 23.5. The highest BCUT2D eigenvalue weighted by atomic mass is 16.6. The number of benzene rings is 2. The molecule has 204 valence electrons. The van der Waals surface area contributed by atoms with Gasteiger partial charge in [0.2, 0.25) is 0 Å². The Morgan fingerprint density at radius 1 is 1.08 bits per heavy atom. The topological polar surface area (TPSA) is 139 Å². The number of aliphatic hydroxyl groups is 2. The lowest BCUT2D eigenvalue weighted by molar-refractivity contribution is -0.113. The normalized spacial score (nSPS) is 13.3. The summed E-state index contributed by atoms with van der Waals surface area (Å²) in [4.78, 5) is 28.9. The van der Waals surface area contributed by atoms with Gasteiger partial charge in [0.05, 0.1) is 12.2 Å². The molecule has 3 aromatic rings. The first-order chi connectivity index (χ1) is 18.6. The van der Waals surface area contributed by atoms with E-state index in [4.69, 9.17) is 19.3 Å². The molecule has 0 aliphatic carbocycles. The molecule has 39 heavy (non-hydrogen) atoms. The van der Waals surface area contributed by atoms with E-state index in [1.165, 1.54) is 12.3 Å². The van der Waals surface area contributed by atoms with Gasteiger partial charge < -0.3 is 29.7 Å². The lowest BCUT2D eigenvalue weighted by Crippen LogP contribution is -2.24. The van der Waals surface area contributed by atoms with Crippen LogP contribution in [0.2, 0.25) is 0 Å². The van der Waals surface area contributed by atoms with Crippen LogP contribution in [0.15, 0.2) is 66.4 Å². The zero-order chi connectivity index (χ0) is 28.0. The van der Waals surface area contributed by atoms with Crippen LogP contribution in [0.3, 0.4) is 0 Å². The second-order valence-corrected chi connectivity index (χ2v) is 9.98. The third-order valence-electron chi connectivity index (χ3n) is 5.79. The van der Waals surface area contributed by atoms with Gasteiger partial charge in [0, 0.05) is 23.5 Å². The molecule has 10 heteroatoms. The van der Waals surface area contributed by atoms with Gasteiger partial charge in [-0.05, 0) is 53.5 Å². The van der Waals surface area contributed by atoms with Gasteiger partial charge >= 0.3 is 6.09 Å². The molecule has 0 unspecified atom stereocenters. The van der Waals surface area contributed by atoms with Gasteiger partial charge in [-0.2, -0.15) is 0 Å². The summed E-state index contributed by atoms with van der Waals surface area (Å²) in [6, 6.07) is 16.1. The van der Waals surface area contributed by atoms with Gasteiger partial charge in [0.25, 0.3) is 5.91 Å². The minimum Gasteiger partial charge on any atom is -0.488 e. The van der Waals surface area contributed by atoms with Crippen molar-refractivity contribution in [2.24, 2.45) is 0 Å². The number of pyridine rings is 1. The maximum Gasteiger partial charge on any atom is 0.412 e. The molecule has 0 saturated carbocycles. The number of rotatable bonds is 8. The Hall–Kier alpha value is -4.41. The van der Waals surface area contributed by atoms with E-state index in [2.05, 4.69) is 36.4 Å². The summed E-state index contributed by atoms with van der Waals surface area (Å²) >= 11 is 0. The molecule has 0 saturated heterocycles. The number of amides is 2. The summed E-state index contributed by atoms with van der Waals surface area (Å²) in [6.45, 7) is 5.62. The van der Waals surface area contributed by atoms with E-state index in [0.717, 1.165) is 5.56 Å². The number of aromatic nitrogens is 1. The minimum absolute atomic E-state index is 0.0396. The highest BCUT2D eigenvalue weighted by molar-refractivity contribution is 6.07. The molecule has 1 aliphatic heterocycles. The van der Waals surface area contributed by atoms with Gasteiger partial charge in [-0.25, -0.2) is 9.78 Å². The molecule has 1 atom stereocenters. The highest BCUT2D eigenvalue weighted by Crippen LogP contribution is 2.33. The Morgan fingerprint density at radius 3 is 2.64 bits per heavy atom. The van der Waals surface area contributed by atoms with Crippen LogP contribution in [0.5, 0.6) is 17.2 Å². The fourth-order valence-electron chi connectivity index (χ4n) is 3.67. The number of anilines is 2. The average Bonchev–Trinajstić information content (AvgIpc) is 2.91. The van der Waals surface area contributed by atoms with Crippen molar-refractivity contribution >= 4 is 29.6 Å². The SMILES string of the molecule is CC(C)(C)c1cccc(NC(=O)C2=Cc3cc(Oc4ccnc(NC(=O)OC[C@@H](O)CO)c4)ccc3OC2)c1. The molecule has 10 nitrogen and oxygen atoms in total. The van der Waals surface area contributed by atoms with Crippen LogP contribution >= 0.6 is 0 Å². The van der Waals surface area contributed by atoms with E-state index in [1.54, 1.807) is 30.3 Å². The molecule has 0 spiro atoms. The Kier molecular flexibility index (Phi) is 8.48. The molecule has 2 amide bonds. The van der Waals surface area contributed by atoms with Crippen LogP contribution in [-0.2, 0) is 14.9 Å². The number of nitrogens with zero attached hydrogens (tertiary/aromatic N) is 1. The van der Waals surface area contributed by atoms with Crippen molar-refractivity contribution in [3.63, 3.8) is 0 Å². The Labute approximate surface area is 226 Å². The maximum absolute atomic E-state index is 13.0. The predicted molar refractivity (Wildman–Crippen MR) is 146 cm³/mol. The summed E-state index contributed by atoms with van der Waals surface area (Å²) < 4.78 is 16.5. The third-order valence-corrected chi connectivity index (χ3v) is 5.79. The number of carbonyl (C=O) groups is 2. The third kappa shape index (κ3) is 7.56. The molecular weight excluding hydrogens is 502 g/mol. The van der Waals surface area contributed by atoms with Crippen molar-refractivity contribution in [2.45, 2.75) is 32.3 Å². The largest absolute Gasteiger partial charge is 0.488 e. The zero-order valence-electron chi connectivity index (χ0n) is 21.9. The number of hydrogen-bond donors (Lipinski definition) is 4. The minimum atomic E-state index is -1.16. The van der Waals surface area contributed by atoms with Crippen LogP contribution in [0.25, 0.3) is 6.08 Å². The van der Waals surface area contributed by atoms with Crippen LogP contribution in [0, 0.1) is 0 Å².